The standard InChI is InChI=1S/C12H17NO2S/c1-9(8-16-3)13-12(14)10-6-4-5-7-11(10)15-2/h4-7,9H,8H2,1-3H3,(H,13,14)/t9-/m0/s1. The van der Waals surface area contributed by atoms with Crippen LogP contribution in [0.25, 0.3) is 0 Å². The van der Waals surface area contributed by atoms with Crippen LogP contribution >= 0.6 is 11.8 Å². The zero-order valence-electron chi connectivity index (χ0n) is 9.82. The molecule has 88 valence electrons. The fourth-order valence-electron chi connectivity index (χ4n) is 1.43. The monoisotopic (exact) mass is 239 g/mol. The van der Waals surface area contributed by atoms with Crippen molar-refractivity contribution in [3.05, 3.63) is 29.8 Å². The van der Waals surface area contributed by atoms with Crippen molar-refractivity contribution in [1.82, 2.24) is 5.32 Å². The fraction of sp³-hybridized carbons (Fsp3) is 0.417. The third-order valence-corrected chi connectivity index (χ3v) is 2.98. The lowest BCUT2D eigenvalue weighted by atomic mass is 10.2. The number of nitrogens with one attached hydrogen (secondary N) is 1. The smallest absolute Gasteiger partial charge is 0.255 e. The van der Waals surface area contributed by atoms with Crippen LogP contribution in [0.3, 0.4) is 0 Å². The molecule has 0 unspecified atom stereocenters. The van der Waals surface area contributed by atoms with Crippen LogP contribution in [0.1, 0.15) is 17.3 Å². The SMILES string of the molecule is COc1ccccc1C(=O)N[C@@H](C)CSC. The van der Waals surface area contributed by atoms with Gasteiger partial charge in [0, 0.05) is 11.8 Å². The van der Waals surface area contributed by atoms with E-state index in [9.17, 15) is 4.79 Å². The van der Waals surface area contributed by atoms with Gasteiger partial charge in [-0.2, -0.15) is 11.8 Å². The Morgan fingerprint density at radius 3 is 2.81 bits per heavy atom. The second-order valence-electron chi connectivity index (χ2n) is 3.53. The minimum Gasteiger partial charge on any atom is -0.496 e. The van der Waals surface area contributed by atoms with Gasteiger partial charge in [0.2, 0.25) is 0 Å². The molecular weight excluding hydrogens is 222 g/mol. The minimum absolute atomic E-state index is 0.0843. The first-order valence-electron chi connectivity index (χ1n) is 5.12. The molecule has 0 spiro atoms. The van der Waals surface area contributed by atoms with Crippen LogP contribution in [-0.2, 0) is 0 Å². The van der Waals surface area contributed by atoms with E-state index in [0.717, 1.165) is 5.75 Å². The van der Waals surface area contributed by atoms with E-state index < -0.39 is 0 Å². The predicted octanol–water partition coefficient (Wildman–Crippen LogP) is 2.18. The minimum atomic E-state index is -0.0843. The van der Waals surface area contributed by atoms with E-state index in [-0.39, 0.29) is 11.9 Å². The Bertz CT molecular complexity index is 355. The van der Waals surface area contributed by atoms with Gasteiger partial charge in [0.1, 0.15) is 5.75 Å². The second kappa shape index (κ2) is 6.43. The lowest BCUT2D eigenvalue weighted by Crippen LogP contribution is -2.34. The first-order valence-corrected chi connectivity index (χ1v) is 6.51. The first-order chi connectivity index (χ1) is 7.69. The summed E-state index contributed by atoms with van der Waals surface area (Å²) >= 11 is 1.71. The molecule has 0 aliphatic rings. The van der Waals surface area contributed by atoms with E-state index in [2.05, 4.69) is 5.32 Å². The number of amides is 1. The molecule has 1 aromatic rings. The van der Waals surface area contributed by atoms with Crippen molar-refractivity contribution >= 4 is 17.7 Å². The van der Waals surface area contributed by atoms with Crippen LogP contribution in [0.4, 0.5) is 0 Å². The Morgan fingerprint density at radius 2 is 2.19 bits per heavy atom. The zero-order valence-corrected chi connectivity index (χ0v) is 10.6. The van der Waals surface area contributed by atoms with E-state index >= 15 is 0 Å². The van der Waals surface area contributed by atoms with Gasteiger partial charge in [-0.25, -0.2) is 0 Å². The number of methoxy groups -OCH3 is 1. The molecule has 0 saturated carbocycles. The van der Waals surface area contributed by atoms with Crippen LogP contribution in [0.5, 0.6) is 5.75 Å². The van der Waals surface area contributed by atoms with Crippen LogP contribution in [0, 0.1) is 0 Å². The maximum absolute atomic E-state index is 11.9. The Morgan fingerprint density at radius 1 is 1.50 bits per heavy atom. The van der Waals surface area contributed by atoms with Gasteiger partial charge in [-0.1, -0.05) is 12.1 Å². The summed E-state index contributed by atoms with van der Waals surface area (Å²) in [4.78, 5) is 11.9. The van der Waals surface area contributed by atoms with Crippen molar-refractivity contribution in [2.45, 2.75) is 13.0 Å². The Kier molecular flexibility index (Phi) is 5.19. The van der Waals surface area contributed by atoms with Gasteiger partial charge < -0.3 is 10.1 Å². The largest absolute Gasteiger partial charge is 0.496 e. The van der Waals surface area contributed by atoms with Gasteiger partial charge in [0.15, 0.2) is 0 Å². The Balaban J connectivity index is 2.72. The zero-order chi connectivity index (χ0) is 12.0. The molecule has 1 amide bonds. The van der Waals surface area contributed by atoms with Crippen molar-refractivity contribution < 1.29 is 9.53 Å². The summed E-state index contributed by atoms with van der Waals surface area (Å²) in [5, 5.41) is 2.93. The lowest BCUT2D eigenvalue weighted by Gasteiger charge is -2.14. The number of rotatable bonds is 5. The van der Waals surface area contributed by atoms with Gasteiger partial charge in [0.05, 0.1) is 12.7 Å². The highest BCUT2D eigenvalue weighted by Gasteiger charge is 2.13. The molecule has 1 N–H and O–H groups in total. The number of benzene rings is 1. The average Bonchev–Trinajstić information content (AvgIpc) is 2.29. The summed E-state index contributed by atoms with van der Waals surface area (Å²) in [6, 6.07) is 7.39. The molecule has 1 atom stereocenters. The topological polar surface area (TPSA) is 38.3 Å². The fourth-order valence-corrected chi connectivity index (χ4v) is 2.01. The number of hydrogen-bond donors (Lipinski definition) is 1. The summed E-state index contributed by atoms with van der Waals surface area (Å²) in [7, 11) is 1.57. The van der Waals surface area contributed by atoms with Crippen LogP contribution in [0.15, 0.2) is 24.3 Å². The summed E-state index contributed by atoms with van der Waals surface area (Å²) in [6.07, 6.45) is 2.02. The molecule has 0 fully saturated rings. The highest BCUT2D eigenvalue weighted by atomic mass is 32.2. The maximum Gasteiger partial charge on any atom is 0.255 e. The van der Waals surface area contributed by atoms with Crippen LogP contribution < -0.4 is 10.1 Å². The molecule has 0 radical (unpaired) electrons. The third kappa shape index (κ3) is 3.45. The van der Waals surface area contributed by atoms with Crippen LogP contribution in [0.2, 0.25) is 0 Å². The van der Waals surface area contributed by atoms with Gasteiger partial charge in [0.25, 0.3) is 5.91 Å². The van der Waals surface area contributed by atoms with Crippen molar-refractivity contribution in [3.63, 3.8) is 0 Å². The van der Waals surface area contributed by atoms with E-state index in [1.165, 1.54) is 0 Å². The number of para-hydroxylation sites is 1. The van der Waals surface area contributed by atoms with Gasteiger partial charge in [-0.3, -0.25) is 4.79 Å². The molecule has 1 aromatic carbocycles. The predicted molar refractivity (Wildman–Crippen MR) is 68.3 cm³/mol. The third-order valence-electron chi connectivity index (χ3n) is 2.15. The molecule has 0 aliphatic heterocycles. The Hall–Kier alpha value is -1.16. The molecule has 4 heteroatoms. The average molecular weight is 239 g/mol. The quantitative estimate of drug-likeness (QED) is 0.856. The lowest BCUT2D eigenvalue weighted by molar-refractivity contribution is 0.0941. The number of carbonyl (C=O) groups is 1. The van der Waals surface area contributed by atoms with Crippen molar-refractivity contribution in [3.8, 4) is 5.75 Å². The van der Waals surface area contributed by atoms with E-state index in [1.54, 1.807) is 31.0 Å². The normalized spacial score (nSPS) is 11.9. The van der Waals surface area contributed by atoms with Crippen molar-refractivity contribution in [2.24, 2.45) is 0 Å². The Labute approximate surface area is 101 Å². The molecular formula is C12H17NO2S. The number of hydrogen-bond acceptors (Lipinski definition) is 3. The maximum atomic E-state index is 11.9. The molecule has 3 nitrogen and oxygen atoms in total. The summed E-state index contributed by atoms with van der Waals surface area (Å²) in [5.74, 6) is 1.43. The van der Waals surface area contributed by atoms with E-state index in [0.29, 0.717) is 11.3 Å². The summed E-state index contributed by atoms with van der Waals surface area (Å²) < 4.78 is 5.14. The van der Waals surface area contributed by atoms with Gasteiger partial charge >= 0.3 is 0 Å². The number of thioether (sulfide) groups is 1. The molecule has 0 saturated heterocycles. The van der Waals surface area contributed by atoms with Crippen molar-refractivity contribution in [1.29, 1.82) is 0 Å². The second-order valence-corrected chi connectivity index (χ2v) is 4.44. The molecule has 0 aliphatic carbocycles. The number of ether oxygens (including phenoxy) is 1. The molecule has 1 rings (SSSR count). The molecule has 16 heavy (non-hydrogen) atoms. The van der Waals surface area contributed by atoms with E-state index in [4.69, 9.17) is 4.74 Å². The van der Waals surface area contributed by atoms with Gasteiger partial charge in [-0.05, 0) is 25.3 Å². The highest BCUT2D eigenvalue weighted by molar-refractivity contribution is 7.98. The summed E-state index contributed by atoms with van der Waals surface area (Å²) in [5.41, 5.74) is 0.581. The van der Waals surface area contributed by atoms with Crippen molar-refractivity contribution in [2.75, 3.05) is 19.1 Å². The highest BCUT2D eigenvalue weighted by Crippen LogP contribution is 2.17. The van der Waals surface area contributed by atoms with Crippen LogP contribution in [-0.4, -0.2) is 31.1 Å². The molecule has 0 heterocycles. The number of carbonyl (C=O) groups excluding carboxylic acids is 1. The molecule has 0 aromatic heterocycles. The molecule has 0 bridgehead atoms. The van der Waals surface area contributed by atoms with E-state index in [1.807, 2.05) is 25.3 Å². The summed E-state index contributed by atoms with van der Waals surface area (Å²) in [6.45, 7) is 1.99. The first kappa shape index (κ1) is 12.9. The van der Waals surface area contributed by atoms with Gasteiger partial charge in [-0.15, -0.1) is 0 Å².